The fraction of sp³-hybridized carbons (Fsp3) is 0.500. The predicted molar refractivity (Wildman–Crippen MR) is 56.3 cm³/mol. The van der Waals surface area contributed by atoms with Crippen molar-refractivity contribution < 1.29 is 57.2 Å². The molecule has 0 spiro atoms. The van der Waals surface area contributed by atoms with Gasteiger partial charge in [-0.25, -0.2) is 0 Å². The number of hydrogen-bond donors (Lipinski definition) is 0. The van der Waals surface area contributed by atoms with Crippen LogP contribution in [0.1, 0.15) is 27.7 Å². The first-order chi connectivity index (χ1) is 8.22. The summed E-state index contributed by atoms with van der Waals surface area (Å²) in [4.78, 5) is 44.7. The summed E-state index contributed by atoms with van der Waals surface area (Å²) in [6.45, 7) is 4.43. The molecule has 127 valence electrons. The van der Waals surface area contributed by atoms with Crippen molar-refractivity contribution in [2.75, 3.05) is 0 Å². The maximum absolute atomic E-state index is 11.2. The van der Waals surface area contributed by atoms with Crippen LogP contribution in [0.3, 0.4) is 0 Å². The number of rotatable bonds is 4. The summed E-state index contributed by atoms with van der Waals surface area (Å²) in [6, 6.07) is 0. The van der Waals surface area contributed by atoms with Crippen molar-refractivity contribution in [1.29, 1.82) is 0 Å². The van der Waals surface area contributed by atoms with Crippen molar-refractivity contribution in [2.24, 2.45) is 0 Å². The van der Waals surface area contributed by atoms with Gasteiger partial charge in [0.1, 0.15) is 0 Å². The Balaban J connectivity index is 0. The van der Waals surface area contributed by atoms with Crippen LogP contribution in [0.2, 0.25) is 0 Å². The third-order valence-electron chi connectivity index (χ3n) is 1.27. The molecule has 0 radical (unpaired) electrons. The fourth-order valence-electron chi connectivity index (χ4n) is 0.897. The summed E-state index contributed by atoms with van der Waals surface area (Å²) in [6.07, 6.45) is 0. The van der Waals surface area contributed by atoms with E-state index < -0.39 is 39.4 Å². The average Bonchev–Trinajstić information content (AvgIpc) is 1.93. The normalized spacial score (nSPS) is 15.9. The van der Waals surface area contributed by atoms with Crippen LogP contribution in [0.5, 0.6) is 0 Å². The SMILES string of the molecule is C[C](=O)[Cu]([C](C)=O)([C](C)=O)[C](C)=O.F[P-](F)(F)(F)(F)F. The molecule has 0 aromatic carbocycles. The van der Waals surface area contributed by atoms with E-state index in [0.29, 0.717) is 0 Å². The van der Waals surface area contributed by atoms with Crippen molar-refractivity contribution in [3.8, 4) is 0 Å². The van der Waals surface area contributed by atoms with Gasteiger partial charge in [-0.3, -0.25) is 0 Å². The molecular weight excluding hydrogens is 369 g/mol. The molecule has 0 aromatic rings. The molecule has 0 aromatic heterocycles. The van der Waals surface area contributed by atoms with Crippen molar-refractivity contribution in [1.82, 2.24) is 0 Å². The molecule has 0 aliphatic rings. The Hall–Kier alpha value is -0.791. The van der Waals surface area contributed by atoms with Crippen LogP contribution < -0.4 is 0 Å². The molecule has 0 bridgehead atoms. The molecule has 0 atom stereocenters. The number of carbonyl (C=O) groups is 4. The molecule has 0 unspecified atom stereocenters. The van der Waals surface area contributed by atoms with E-state index >= 15 is 0 Å². The van der Waals surface area contributed by atoms with E-state index in [1.165, 1.54) is 0 Å². The van der Waals surface area contributed by atoms with Gasteiger partial charge in [0.25, 0.3) is 0 Å². The minimum atomic E-state index is -10.7. The first-order valence-corrected chi connectivity index (χ1v) is 8.35. The molecule has 12 heteroatoms. The van der Waals surface area contributed by atoms with Crippen LogP contribution in [0, 0.1) is 0 Å². The van der Waals surface area contributed by atoms with Crippen LogP contribution in [-0.2, 0) is 32.0 Å². The number of halogens is 6. The second kappa shape index (κ2) is 5.20. The quantitative estimate of drug-likeness (QED) is 0.423. The first-order valence-electron chi connectivity index (χ1n) is 4.43. The first kappa shape index (κ1) is 21.5. The van der Waals surface area contributed by atoms with Gasteiger partial charge < -0.3 is 0 Å². The Morgan fingerprint density at radius 1 is 0.600 bits per heavy atom. The van der Waals surface area contributed by atoms with E-state index in [1.807, 2.05) is 0 Å². The zero-order valence-corrected chi connectivity index (χ0v) is 12.5. The van der Waals surface area contributed by atoms with E-state index in [4.69, 9.17) is 0 Å². The Kier molecular flexibility index (Phi) is 5.59. The van der Waals surface area contributed by atoms with Crippen LogP contribution in [0.4, 0.5) is 25.2 Å². The maximum atomic E-state index is 11.2. The summed E-state index contributed by atoms with van der Waals surface area (Å²) in [5, 5.41) is 0. The zero-order chi connectivity index (χ0) is 17.2. The molecule has 0 aliphatic carbocycles. The molecule has 0 saturated heterocycles. The fourth-order valence-corrected chi connectivity index (χ4v) is 3.70. The van der Waals surface area contributed by atoms with Gasteiger partial charge in [-0.05, 0) is 0 Å². The topological polar surface area (TPSA) is 68.3 Å². The van der Waals surface area contributed by atoms with Gasteiger partial charge in [-0.15, -0.1) is 0 Å². The van der Waals surface area contributed by atoms with Gasteiger partial charge in [-0.2, -0.15) is 0 Å². The molecule has 0 heterocycles. The van der Waals surface area contributed by atoms with Crippen LogP contribution in [-0.4, -0.2) is 18.7 Å². The van der Waals surface area contributed by atoms with Crippen molar-refractivity contribution in [3.63, 3.8) is 0 Å². The summed E-state index contributed by atoms with van der Waals surface area (Å²) < 4.78 is 56.7. The van der Waals surface area contributed by atoms with Crippen molar-refractivity contribution >= 4 is 26.5 Å². The van der Waals surface area contributed by atoms with Crippen molar-refractivity contribution in [2.45, 2.75) is 27.7 Å². The van der Waals surface area contributed by atoms with Gasteiger partial charge >= 0.3 is 111 Å². The Morgan fingerprint density at radius 3 is 0.700 bits per heavy atom. The second-order valence-corrected chi connectivity index (χ2v) is 9.06. The van der Waals surface area contributed by atoms with Crippen LogP contribution in [0.25, 0.3) is 0 Å². The second-order valence-electron chi connectivity index (χ2n) is 3.08. The monoisotopic (exact) mass is 380 g/mol. The third kappa shape index (κ3) is 8.39. The standard InChI is InChI=1S/4C2H3O.Cu.F6P/c4*1-2-3;;1-7(2,3,4,5)6/h4*1H3;;/q;;;;;-1. The molecule has 4 nitrogen and oxygen atoms in total. The summed E-state index contributed by atoms with van der Waals surface area (Å²) >= 11 is -2.96. The molecule has 0 N–H and O–H groups in total. The van der Waals surface area contributed by atoms with Crippen molar-refractivity contribution in [3.05, 3.63) is 0 Å². The summed E-state index contributed by atoms with van der Waals surface area (Å²) in [5.74, 6) is 0. The Labute approximate surface area is 112 Å². The number of hydrogen-bond acceptors (Lipinski definition) is 4. The van der Waals surface area contributed by atoms with Crippen LogP contribution in [0.15, 0.2) is 0 Å². The zero-order valence-electron chi connectivity index (χ0n) is 10.6. The minimum absolute atomic E-state index is 0.630. The molecular formula is C8H12CuF6O4P-. The molecule has 0 fully saturated rings. The Bertz CT molecular complexity index is 395. The predicted octanol–water partition coefficient (Wildman–Crippen LogP) is 3.71. The molecule has 0 amide bonds. The summed E-state index contributed by atoms with van der Waals surface area (Å²) in [5.41, 5.74) is 0. The van der Waals surface area contributed by atoms with Gasteiger partial charge in [0, 0.05) is 0 Å². The van der Waals surface area contributed by atoms with Gasteiger partial charge in [0.15, 0.2) is 0 Å². The molecule has 0 saturated carbocycles. The van der Waals surface area contributed by atoms with E-state index in [1.54, 1.807) is 0 Å². The Morgan fingerprint density at radius 2 is 0.700 bits per heavy atom. The third-order valence-corrected chi connectivity index (χ3v) is 5.25. The summed E-state index contributed by atoms with van der Waals surface area (Å²) in [7, 11) is -10.7. The molecule has 0 rings (SSSR count). The van der Waals surface area contributed by atoms with Gasteiger partial charge in [0.2, 0.25) is 0 Å². The van der Waals surface area contributed by atoms with Crippen LogP contribution >= 0.6 is 7.81 Å². The van der Waals surface area contributed by atoms with E-state index in [0.717, 1.165) is 27.7 Å². The van der Waals surface area contributed by atoms with Gasteiger partial charge in [0.05, 0.1) is 0 Å². The van der Waals surface area contributed by atoms with E-state index in [-0.39, 0.29) is 0 Å². The molecule has 0 aliphatic heterocycles. The average molecular weight is 381 g/mol. The number of carbonyl (C=O) groups excluding carboxylic acids is 4. The molecule has 20 heavy (non-hydrogen) atoms. The van der Waals surface area contributed by atoms with E-state index in [9.17, 15) is 44.4 Å². The van der Waals surface area contributed by atoms with Gasteiger partial charge in [-0.1, -0.05) is 0 Å². The van der Waals surface area contributed by atoms with E-state index in [2.05, 4.69) is 0 Å².